The third-order valence-corrected chi connectivity index (χ3v) is 2.94. The third-order valence-electron chi connectivity index (χ3n) is 2.27. The second-order valence-electron chi connectivity index (χ2n) is 3.98. The van der Waals surface area contributed by atoms with Crippen LogP contribution in [0.2, 0.25) is 0 Å². The van der Waals surface area contributed by atoms with Crippen LogP contribution in [0.5, 0.6) is 0 Å². The number of hydrogen-bond donors (Lipinski definition) is 0. The fourth-order valence-corrected chi connectivity index (χ4v) is 2.18. The number of halogens is 1. The van der Waals surface area contributed by atoms with E-state index in [0.29, 0.717) is 12.5 Å². The molecule has 0 saturated carbocycles. The van der Waals surface area contributed by atoms with Crippen LogP contribution in [0, 0.1) is 17.4 Å². The molecule has 1 aromatic heterocycles. The molecule has 18 heavy (non-hydrogen) atoms. The van der Waals surface area contributed by atoms with Crippen molar-refractivity contribution in [1.29, 1.82) is 0 Å². The van der Waals surface area contributed by atoms with E-state index in [0.717, 1.165) is 17.0 Å². The molecule has 0 unspecified atom stereocenters. The summed E-state index contributed by atoms with van der Waals surface area (Å²) in [5.41, 5.74) is 2.95. The standard InChI is InChI=1S/C13H13IN4/c1-9-6-10(2)17-13(16-9)18-15-8-11-4-3-5-12(14)7-11/h3-7H,8H2,1-2H3. The molecule has 0 radical (unpaired) electrons. The van der Waals surface area contributed by atoms with Gasteiger partial charge in [-0.15, -0.1) is 5.11 Å². The lowest BCUT2D eigenvalue weighted by Gasteiger charge is -1.98. The van der Waals surface area contributed by atoms with Crippen LogP contribution >= 0.6 is 22.6 Å². The zero-order valence-corrected chi connectivity index (χ0v) is 12.4. The van der Waals surface area contributed by atoms with Crippen molar-refractivity contribution < 1.29 is 0 Å². The number of benzene rings is 1. The molecule has 0 N–H and O–H groups in total. The Morgan fingerprint density at radius 1 is 1.11 bits per heavy atom. The molecule has 1 aromatic carbocycles. The fraction of sp³-hybridized carbons (Fsp3) is 0.231. The lowest BCUT2D eigenvalue weighted by molar-refractivity contribution is 0.911. The van der Waals surface area contributed by atoms with E-state index in [-0.39, 0.29) is 0 Å². The number of hydrogen-bond acceptors (Lipinski definition) is 4. The van der Waals surface area contributed by atoms with Gasteiger partial charge in [0.25, 0.3) is 5.95 Å². The fourth-order valence-electron chi connectivity index (χ4n) is 1.57. The molecule has 4 nitrogen and oxygen atoms in total. The van der Waals surface area contributed by atoms with Crippen molar-refractivity contribution in [2.45, 2.75) is 20.4 Å². The number of azo groups is 1. The lowest BCUT2D eigenvalue weighted by atomic mass is 10.2. The smallest absolute Gasteiger partial charge is 0.215 e. The summed E-state index contributed by atoms with van der Waals surface area (Å²) in [4.78, 5) is 8.42. The van der Waals surface area contributed by atoms with E-state index < -0.39 is 0 Å². The van der Waals surface area contributed by atoms with Crippen molar-refractivity contribution in [1.82, 2.24) is 9.97 Å². The quantitative estimate of drug-likeness (QED) is 0.620. The molecule has 0 bridgehead atoms. The average Bonchev–Trinajstić information content (AvgIpc) is 2.27. The SMILES string of the molecule is Cc1cc(C)nc(N=NCc2cccc(I)c2)n1. The Balaban J connectivity index is 2.07. The van der Waals surface area contributed by atoms with Crippen molar-refractivity contribution in [2.75, 3.05) is 0 Å². The summed E-state index contributed by atoms with van der Waals surface area (Å²) in [6, 6.07) is 10.1. The van der Waals surface area contributed by atoms with Crippen LogP contribution in [-0.4, -0.2) is 9.97 Å². The van der Waals surface area contributed by atoms with Gasteiger partial charge in [-0.3, -0.25) is 0 Å². The van der Waals surface area contributed by atoms with Crippen molar-refractivity contribution in [3.05, 3.63) is 50.9 Å². The predicted molar refractivity (Wildman–Crippen MR) is 78.9 cm³/mol. The Kier molecular flexibility index (Phi) is 4.35. The van der Waals surface area contributed by atoms with E-state index >= 15 is 0 Å². The molecule has 1 heterocycles. The minimum Gasteiger partial charge on any atom is -0.215 e. The van der Waals surface area contributed by atoms with Crippen LogP contribution in [0.25, 0.3) is 0 Å². The number of aryl methyl sites for hydroxylation is 2. The van der Waals surface area contributed by atoms with Crippen LogP contribution < -0.4 is 0 Å². The molecule has 0 amide bonds. The Bertz CT molecular complexity index is 561. The third kappa shape index (κ3) is 3.83. The van der Waals surface area contributed by atoms with Crippen LogP contribution in [-0.2, 0) is 6.54 Å². The molecular weight excluding hydrogens is 339 g/mol. The molecule has 2 rings (SSSR count). The van der Waals surface area contributed by atoms with Gasteiger partial charge in [-0.1, -0.05) is 12.1 Å². The first-order chi connectivity index (χ1) is 8.63. The van der Waals surface area contributed by atoms with E-state index in [1.807, 2.05) is 38.1 Å². The molecule has 0 aliphatic heterocycles. The number of rotatable bonds is 3. The zero-order valence-electron chi connectivity index (χ0n) is 10.3. The van der Waals surface area contributed by atoms with Gasteiger partial charge < -0.3 is 0 Å². The predicted octanol–water partition coefficient (Wildman–Crippen LogP) is 3.98. The number of nitrogens with zero attached hydrogens (tertiary/aromatic N) is 4. The second kappa shape index (κ2) is 5.99. The molecular formula is C13H13IN4. The van der Waals surface area contributed by atoms with Crippen molar-refractivity contribution >= 4 is 28.5 Å². The van der Waals surface area contributed by atoms with Crippen LogP contribution in [0.1, 0.15) is 17.0 Å². The normalized spacial score (nSPS) is 11.1. The molecule has 0 aliphatic carbocycles. The Morgan fingerprint density at radius 2 is 1.83 bits per heavy atom. The maximum atomic E-state index is 4.21. The molecule has 0 spiro atoms. The summed E-state index contributed by atoms with van der Waals surface area (Å²) < 4.78 is 1.20. The minimum atomic E-state index is 0.429. The highest BCUT2D eigenvalue weighted by atomic mass is 127. The Labute approximate surface area is 120 Å². The van der Waals surface area contributed by atoms with Crippen molar-refractivity contribution in [3.63, 3.8) is 0 Å². The molecule has 0 atom stereocenters. The minimum absolute atomic E-state index is 0.429. The molecule has 0 fully saturated rings. The van der Waals surface area contributed by atoms with Crippen molar-refractivity contribution in [2.24, 2.45) is 10.2 Å². The summed E-state index contributed by atoms with van der Waals surface area (Å²) in [6.45, 7) is 4.40. The second-order valence-corrected chi connectivity index (χ2v) is 5.23. The summed E-state index contributed by atoms with van der Waals surface area (Å²) in [5.74, 6) is 0.429. The molecule has 0 aliphatic rings. The maximum absolute atomic E-state index is 4.21. The first-order valence-electron chi connectivity index (χ1n) is 5.58. The first kappa shape index (κ1) is 13.1. The Hall–Kier alpha value is -1.37. The highest BCUT2D eigenvalue weighted by Gasteiger charge is 1.97. The van der Waals surface area contributed by atoms with E-state index in [1.54, 1.807) is 0 Å². The monoisotopic (exact) mass is 352 g/mol. The topological polar surface area (TPSA) is 50.5 Å². The molecule has 2 aromatic rings. The summed E-state index contributed by atoms with van der Waals surface area (Å²) >= 11 is 2.28. The van der Waals surface area contributed by atoms with Crippen LogP contribution in [0.15, 0.2) is 40.6 Å². The molecule has 92 valence electrons. The maximum Gasteiger partial charge on any atom is 0.268 e. The van der Waals surface area contributed by atoms with E-state index in [9.17, 15) is 0 Å². The van der Waals surface area contributed by atoms with E-state index in [4.69, 9.17) is 0 Å². The van der Waals surface area contributed by atoms with Gasteiger partial charge >= 0.3 is 0 Å². The van der Waals surface area contributed by atoms with Gasteiger partial charge in [0, 0.05) is 15.0 Å². The van der Waals surface area contributed by atoms with Gasteiger partial charge in [-0.25, -0.2) is 9.97 Å². The first-order valence-corrected chi connectivity index (χ1v) is 6.65. The van der Waals surface area contributed by atoms with Crippen LogP contribution in [0.4, 0.5) is 5.95 Å². The van der Waals surface area contributed by atoms with Gasteiger partial charge in [0.15, 0.2) is 0 Å². The Morgan fingerprint density at radius 3 is 2.50 bits per heavy atom. The highest BCUT2D eigenvalue weighted by Crippen LogP contribution is 2.11. The van der Waals surface area contributed by atoms with Crippen molar-refractivity contribution in [3.8, 4) is 0 Å². The van der Waals surface area contributed by atoms with Gasteiger partial charge in [0.2, 0.25) is 0 Å². The lowest BCUT2D eigenvalue weighted by Crippen LogP contribution is -1.88. The van der Waals surface area contributed by atoms with E-state index in [2.05, 4.69) is 48.9 Å². The highest BCUT2D eigenvalue weighted by molar-refractivity contribution is 14.1. The van der Waals surface area contributed by atoms with Gasteiger partial charge in [-0.2, -0.15) is 5.11 Å². The molecule has 5 heteroatoms. The summed E-state index contributed by atoms with van der Waals surface area (Å²) in [5, 5.41) is 8.19. The number of aromatic nitrogens is 2. The average molecular weight is 352 g/mol. The van der Waals surface area contributed by atoms with Crippen LogP contribution in [0.3, 0.4) is 0 Å². The largest absolute Gasteiger partial charge is 0.268 e. The van der Waals surface area contributed by atoms with E-state index in [1.165, 1.54) is 3.57 Å². The van der Waals surface area contributed by atoms with Gasteiger partial charge in [0.1, 0.15) is 0 Å². The summed E-state index contributed by atoms with van der Waals surface area (Å²) in [6.07, 6.45) is 0. The molecule has 0 saturated heterocycles. The van der Waals surface area contributed by atoms with Gasteiger partial charge in [-0.05, 0) is 60.2 Å². The summed E-state index contributed by atoms with van der Waals surface area (Å²) in [7, 11) is 0. The van der Waals surface area contributed by atoms with Gasteiger partial charge in [0.05, 0.1) is 6.54 Å². The zero-order chi connectivity index (χ0) is 13.0.